The average molecular weight is 889 g/mol. The van der Waals surface area contributed by atoms with Crippen molar-refractivity contribution in [2.45, 2.75) is 57.5 Å². The summed E-state index contributed by atoms with van der Waals surface area (Å²) in [5.74, 6) is 0.338. The quantitative estimate of drug-likeness (QED) is 0.102. The van der Waals surface area contributed by atoms with Crippen LogP contribution < -0.4 is 35.6 Å². The highest BCUT2D eigenvalue weighted by molar-refractivity contribution is 7.70. The van der Waals surface area contributed by atoms with Crippen LogP contribution in [-0.4, -0.2) is 127 Å². The highest BCUT2D eigenvalue weighted by Crippen LogP contribution is 2.40. The van der Waals surface area contributed by atoms with E-state index in [2.05, 4.69) is 35.7 Å². The summed E-state index contributed by atoms with van der Waals surface area (Å²) in [6.45, 7) is 6.47. The summed E-state index contributed by atoms with van der Waals surface area (Å²) in [7, 11) is -1.18. The Morgan fingerprint density at radius 1 is 0.984 bits per heavy atom. The summed E-state index contributed by atoms with van der Waals surface area (Å²) < 4.78 is 67.4. The monoisotopic (exact) mass is 888 g/mol. The van der Waals surface area contributed by atoms with Crippen LogP contribution in [0.5, 0.6) is 11.5 Å². The first-order chi connectivity index (χ1) is 31.8. The highest BCUT2D eigenvalue weighted by atomic mass is 35.5. The van der Waals surface area contributed by atoms with Crippen LogP contribution in [0.3, 0.4) is 0 Å². The number of nitrogens with one attached hydrogen (secondary N) is 3. The molecule has 17 heteroatoms. The number of hydrogen-bond acceptors (Lipinski definition) is 13. The van der Waals surface area contributed by atoms with E-state index in [0.717, 1.165) is 51.1 Å². The number of ether oxygens (including phenoxy) is 2. The summed E-state index contributed by atoms with van der Waals surface area (Å²) in [6, 6.07) is 15.3. The number of rotatable bonds is 14. The maximum absolute atomic E-state index is 13.1. The van der Waals surface area contributed by atoms with Gasteiger partial charge in [-0.1, -0.05) is 30.6 Å². The molecule has 0 aliphatic carbocycles. The predicted molar refractivity (Wildman–Crippen MR) is 243 cm³/mol. The van der Waals surface area contributed by atoms with Crippen LogP contribution in [0.2, 0.25) is 5.02 Å². The minimum Gasteiger partial charge on any atom is -0.494 e. The van der Waals surface area contributed by atoms with E-state index in [1.54, 1.807) is 55.8 Å². The molecule has 3 N–H and O–H groups in total. The molecule has 0 bridgehead atoms. The second-order valence-electron chi connectivity index (χ2n) is 16.4. The zero-order chi connectivity index (χ0) is 47.8. The number of carbonyl (C=O) groups excluding carboxylic acids is 3. The molecule has 1 aromatic heterocycles. The summed E-state index contributed by atoms with van der Waals surface area (Å²) in [4.78, 5) is 54.4. The normalized spacial score (nSPS) is 20.7. The average Bonchev–Trinajstić information content (AvgIpc) is 3.61. The zero-order valence-corrected chi connectivity index (χ0v) is 36.7. The van der Waals surface area contributed by atoms with E-state index < -0.39 is 32.3 Å². The Morgan fingerprint density at radius 2 is 1.77 bits per heavy atom. The molecule has 5 heterocycles. The largest absolute Gasteiger partial charge is 0.494 e. The van der Waals surface area contributed by atoms with Gasteiger partial charge in [0.1, 0.15) is 36.3 Å². The van der Waals surface area contributed by atoms with Crippen molar-refractivity contribution in [2.75, 3.05) is 88.4 Å². The van der Waals surface area contributed by atoms with E-state index in [1.807, 2.05) is 11.0 Å². The van der Waals surface area contributed by atoms with Crippen LogP contribution in [0.4, 0.5) is 28.8 Å². The summed E-state index contributed by atoms with van der Waals surface area (Å²) in [5.41, 5.74) is 2.59. The van der Waals surface area contributed by atoms with Gasteiger partial charge >= 0.3 is 0 Å². The number of fused-ring (bicyclic) bond motifs is 1. The van der Waals surface area contributed by atoms with E-state index in [-0.39, 0.29) is 52.8 Å². The molecule has 1 atom stereocenters. The summed E-state index contributed by atoms with van der Waals surface area (Å²) in [6.07, 6.45) is 0.776. The van der Waals surface area contributed by atoms with Gasteiger partial charge in [0.05, 0.1) is 24.7 Å². The lowest BCUT2D eigenvalue weighted by Crippen LogP contribution is -2.53. The molecule has 3 saturated heterocycles. The third-order valence-electron chi connectivity index (χ3n) is 12.1. The predicted octanol–water partition coefficient (Wildman–Crippen LogP) is 5.86. The molecule has 0 saturated carbocycles. The number of methoxy groups -OCH3 is 1. The van der Waals surface area contributed by atoms with Gasteiger partial charge in [-0.3, -0.25) is 29.5 Å². The van der Waals surface area contributed by atoms with E-state index in [1.165, 1.54) is 24.3 Å². The van der Waals surface area contributed by atoms with Gasteiger partial charge in [-0.2, -0.15) is 4.98 Å². The Balaban J connectivity index is 0.876. The van der Waals surface area contributed by atoms with Crippen LogP contribution >= 0.6 is 18.7 Å². The number of anilines is 5. The maximum atomic E-state index is 13.1. The maximum Gasteiger partial charge on any atom is 0.255 e. The van der Waals surface area contributed by atoms with Gasteiger partial charge in [-0.25, -0.2) is 4.98 Å². The van der Waals surface area contributed by atoms with E-state index in [0.29, 0.717) is 65.9 Å². The number of halogens is 1. The molecule has 3 amide bonds. The second-order valence-corrected chi connectivity index (χ2v) is 20.0. The number of benzene rings is 3. The van der Waals surface area contributed by atoms with Crippen molar-refractivity contribution in [3.8, 4) is 11.5 Å². The van der Waals surface area contributed by atoms with Crippen LogP contribution in [0.1, 0.15) is 60.9 Å². The number of aromatic nitrogens is 2. The molecule has 62 heavy (non-hydrogen) atoms. The molecule has 8 rings (SSSR count). The van der Waals surface area contributed by atoms with Crippen molar-refractivity contribution < 1.29 is 35.3 Å². The van der Waals surface area contributed by atoms with Gasteiger partial charge < -0.3 is 34.5 Å². The van der Waals surface area contributed by atoms with Crippen molar-refractivity contribution in [1.82, 2.24) is 30.0 Å². The molecule has 15 nitrogen and oxygen atoms in total. The van der Waals surface area contributed by atoms with Crippen molar-refractivity contribution in [1.29, 1.82) is 0 Å². The number of aryl methyl sites for hydroxylation is 1. The number of piperidine rings is 2. The van der Waals surface area contributed by atoms with Crippen LogP contribution in [0.25, 0.3) is 0 Å². The van der Waals surface area contributed by atoms with Crippen molar-refractivity contribution in [3.63, 3.8) is 0 Å². The molecule has 0 spiro atoms. The lowest BCUT2D eigenvalue weighted by molar-refractivity contribution is -0.136. The lowest BCUT2D eigenvalue weighted by atomic mass is 9.99. The Kier molecular flexibility index (Phi) is 11.2. The molecule has 0 radical (unpaired) electrons. The van der Waals surface area contributed by atoms with Gasteiger partial charge in [-0.05, 0) is 86.5 Å². The third-order valence-corrected chi connectivity index (χ3v) is 13.9. The third kappa shape index (κ3) is 9.56. The Labute approximate surface area is 374 Å². The Hall–Kier alpha value is -5.21. The fourth-order valence-corrected chi connectivity index (χ4v) is 10.1. The fraction of sp³-hybridized carbons (Fsp3) is 0.444. The van der Waals surface area contributed by atoms with Crippen LogP contribution in [-0.2, 0) is 27.1 Å². The fourth-order valence-electron chi connectivity index (χ4n) is 8.77. The highest BCUT2D eigenvalue weighted by Gasteiger charge is 2.39. The van der Waals surface area contributed by atoms with E-state index in [9.17, 15) is 18.9 Å². The lowest BCUT2D eigenvalue weighted by Gasteiger charge is -2.43. The zero-order valence-electron chi connectivity index (χ0n) is 40.1. The molecule has 3 fully saturated rings. The SMILES string of the molecule is [2H]C([2H])([2H])C([2H])([2H])c1cc(Nc2ncc(Cl)c(Nc3ccccc3P(C)(C)=O)n2)c(OC)cc1N1CCC(N2CCN(CCOc3ccc4c(c3)CN(C3CCC(=O)NC3=O)C4=O)CC2)CC1. The molecule has 4 aliphatic rings. The van der Waals surface area contributed by atoms with Crippen LogP contribution in [0, 0.1) is 0 Å². The minimum atomic E-state index is -2.99. The van der Waals surface area contributed by atoms with Crippen molar-refractivity contribution in [2.24, 2.45) is 0 Å². The summed E-state index contributed by atoms with van der Waals surface area (Å²) in [5, 5.41) is 9.42. The number of carbonyl (C=O) groups is 3. The minimum absolute atomic E-state index is 0.0180. The topological polar surface area (TPSA) is 162 Å². The molecule has 328 valence electrons. The molecular weight excluding hydrogens is 829 g/mol. The number of piperazine rings is 1. The van der Waals surface area contributed by atoms with Crippen LogP contribution in [0.15, 0.2) is 60.8 Å². The number of amides is 3. The Bertz CT molecular complexity index is 2590. The molecule has 3 aromatic carbocycles. The van der Waals surface area contributed by atoms with E-state index >= 15 is 0 Å². The first-order valence-electron chi connectivity index (χ1n) is 23.4. The van der Waals surface area contributed by atoms with Gasteiger partial charge in [0.25, 0.3) is 5.91 Å². The van der Waals surface area contributed by atoms with Gasteiger partial charge in [0, 0.05) is 94.3 Å². The number of nitrogens with zero attached hydrogens (tertiary/aromatic N) is 6. The van der Waals surface area contributed by atoms with Gasteiger partial charge in [-0.15, -0.1) is 0 Å². The molecule has 1 unspecified atom stereocenters. The van der Waals surface area contributed by atoms with E-state index in [4.69, 9.17) is 27.9 Å². The van der Waals surface area contributed by atoms with Crippen molar-refractivity contribution in [3.05, 3.63) is 82.5 Å². The molecule has 4 aromatic rings. The standard InChI is InChI=1S/C45H55ClN9O6P/c1-5-29-25-36(49-45-47-27-34(46)42(51-45)48-35-8-6-7-9-40(35)62(3,4)59)39(60-2)26-38(29)54-16-14-31(15-17-54)53-20-18-52(19-21-53)22-23-61-32-10-11-33-30(24-32)28-55(44(33)58)37-12-13-41(56)50-43(37)57/h6-11,24-27,31,37H,5,12-23,28H2,1-4H3,(H,50,56,57)(H2,47,48,49,51)/i1D3,5D2. The van der Waals surface area contributed by atoms with Gasteiger partial charge in [0.15, 0.2) is 5.82 Å². The number of para-hydroxylation sites is 1. The Morgan fingerprint density at radius 3 is 2.52 bits per heavy atom. The molecule has 4 aliphatic heterocycles. The molecular formula is C45H55ClN9O6P. The number of imide groups is 1. The van der Waals surface area contributed by atoms with Gasteiger partial charge in [0.2, 0.25) is 17.8 Å². The first kappa shape index (κ1) is 37.4. The summed E-state index contributed by atoms with van der Waals surface area (Å²) >= 11 is 6.50. The first-order valence-corrected chi connectivity index (χ1v) is 23.8. The smallest absolute Gasteiger partial charge is 0.255 e. The number of hydrogen-bond donors (Lipinski definition) is 3. The van der Waals surface area contributed by atoms with Crippen molar-refractivity contribution >= 4 is 70.6 Å². The second kappa shape index (κ2) is 18.6.